The van der Waals surface area contributed by atoms with E-state index < -0.39 is 0 Å². The molecule has 6 N–H and O–H groups in total. The lowest BCUT2D eigenvalue weighted by Crippen LogP contribution is -2.23. The van der Waals surface area contributed by atoms with Gasteiger partial charge in [-0.15, -0.1) is 0 Å². The number of rotatable bonds is 10. The molecule has 2 aliphatic carbocycles. The second-order valence-electron chi connectivity index (χ2n) is 12.2. The number of hydrogen-bond acceptors (Lipinski definition) is 8. The van der Waals surface area contributed by atoms with E-state index in [9.17, 15) is 0 Å². The van der Waals surface area contributed by atoms with E-state index in [1.807, 2.05) is 38.5 Å². The highest BCUT2D eigenvalue weighted by Gasteiger charge is 2.34. The number of methoxy groups -OCH3 is 1. The van der Waals surface area contributed by atoms with E-state index in [1.54, 1.807) is 13.2 Å². The number of nitrogens with zero attached hydrogens (tertiary/aromatic N) is 3. The van der Waals surface area contributed by atoms with Crippen molar-refractivity contribution in [3.8, 4) is 29.2 Å². The van der Waals surface area contributed by atoms with Gasteiger partial charge in [0, 0.05) is 65.2 Å². The van der Waals surface area contributed by atoms with Gasteiger partial charge in [-0.25, -0.2) is 0 Å². The Labute approximate surface area is 289 Å². The van der Waals surface area contributed by atoms with Crippen LogP contribution in [-0.4, -0.2) is 41.0 Å². The number of aliphatic imine (C=N–C) groups is 1. The molecule has 0 aliphatic heterocycles. The molecule has 2 aliphatic rings. The van der Waals surface area contributed by atoms with Crippen LogP contribution in [0.1, 0.15) is 112 Å². The molecule has 0 radical (unpaired) electrons. The zero-order valence-electron chi connectivity index (χ0n) is 30.9. The number of nitrogen functional groups attached to an aromatic ring is 1. The van der Waals surface area contributed by atoms with Crippen molar-refractivity contribution in [2.75, 3.05) is 19.4 Å². The summed E-state index contributed by atoms with van der Waals surface area (Å²) < 4.78 is 5.63. The molecule has 3 aromatic rings. The monoisotopic (exact) mass is 654 g/mol. The van der Waals surface area contributed by atoms with Crippen LogP contribution in [0.25, 0.3) is 17.0 Å². The van der Waals surface area contributed by atoms with Crippen LogP contribution in [0.2, 0.25) is 0 Å². The third-order valence-corrected chi connectivity index (χ3v) is 8.23. The number of anilines is 1. The summed E-state index contributed by atoms with van der Waals surface area (Å²) in [5, 5.41) is 11.2. The smallest absolute Gasteiger partial charge is 0.143 e. The topological polar surface area (TPSA) is 132 Å². The first kappa shape index (κ1) is 39.7. The summed E-state index contributed by atoms with van der Waals surface area (Å²) in [7, 11) is 1.67. The molecular formula is C40H58N6O2. The highest BCUT2D eigenvalue weighted by molar-refractivity contribution is 5.91. The average Bonchev–Trinajstić information content (AvgIpc) is 4.02. The molecule has 0 bridgehead atoms. The van der Waals surface area contributed by atoms with Gasteiger partial charge in [0.25, 0.3) is 0 Å². The molecule has 2 fully saturated rings. The number of aromatic nitrogens is 2. The van der Waals surface area contributed by atoms with Crippen molar-refractivity contribution in [1.82, 2.24) is 15.3 Å². The van der Waals surface area contributed by atoms with E-state index >= 15 is 0 Å². The molecule has 2 saturated carbocycles. The predicted molar refractivity (Wildman–Crippen MR) is 203 cm³/mol. The molecule has 2 heterocycles. The molecule has 0 saturated heterocycles. The summed E-state index contributed by atoms with van der Waals surface area (Å²) in [6, 6.07) is 8.59. The Morgan fingerprint density at radius 2 is 1.67 bits per heavy atom. The number of benzene rings is 1. The predicted octanol–water partition coefficient (Wildman–Crippen LogP) is 8.37. The van der Waals surface area contributed by atoms with Crippen LogP contribution >= 0.6 is 0 Å². The summed E-state index contributed by atoms with van der Waals surface area (Å²) in [6.45, 7) is 19.8. The van der Waals surface area contributed by atoms with E-state index in [2.05, 4.69) is 87.7 Å². The highest BCUT2D eigenvalue weighted by atomic mass is 16.5. The van der Waals surface area contributed by atoms with Crippen LogP contribution in [-0.2, 0) is 0 Å². The minimum atomic E-state index is 0.326. The number of pyridine rings is 2. The second-order valence-corrected chi connectivity index (χ2v) is 12.2. The minimum absolute atomic E-state index is 0.326. The summed E-state index contributed by atoms with van der Waals surface area (Å²) >= 11 is 0. The normalized spacial score (nSPS) is 14.2. The SMILES string of the molecule is C/C=C(\NCC(c1cc(C)c(C)c(-c2c(C)cncc2C)n1)C1CC1)c1cc(C=NC2CC2)c(N)c(OC)c1.CC.CCC.NC#CO. The maximum absolute atomic E-state index is 7.39. The van der Waals surface area contributed by atoms with E-state index in [0.29, 0.717) is 29.3 Å². The third kappa shape index (κ3) is 11.0. The maximum Gasteiger partial charge on any atom is 0.143 e. The van der Waals surface area contributed by atoms with Crippen molar-refractivity contribution in [3.63, 3.8) is 0 Å². The van der Waals surface area contributed by atoms with Crippen molar-refractivity contribution in [2.24, 2.45) is 16.6 Å². The van der Waals surface area contributed by atoms with Gasteiger partial charge in [0.1, 0.15) is 11.9 Å². The molecule has 48 heavy (non-hydrogen) atoms. The number of nitrogens with one attached hydrogen (secondary N) is 1. The lowest BCUT2D eigenvalue weighted by atomic mass is 9.92. The summed E-state index contributed by atoms with van der Waals surface area (Å²) in [5.41, 5.74) is 22.8. The second kappa shape index (κ2) is 20.0. The van der Waals surface area contributed by atoms with Crippen LogP contribution in [0, 0.1) is 45.8 Å². The average molecular weight is 655 g/mol. The molecule has 0 spiro atoms. The molecule has 1 atom stereocenters. The molecule has 2 aromatic heterocycles. The first-order valence-electron chi connectivity index (χ1n) is 17.3. The Kier molecular flexibility index (Phi) is 16.5. The Hall–Kier alpha value is -4.51. The van der Waals surface area contributed by atoms with Gasteiger partial charge < -0.3 is 26.6 Å². The molecule has 260 valence electrons. The van der Waals surface area contributed by atoms with Gasteiger partial charge in [0.15, 0.2) is 0 Å². The number of allylic oxidation sites excluding steroid dienone is 1. The first-order chi connectivity index (χ1) is 23.1. The molecule has 1 aromatic carbocycles. The van der Waals surface area contributed by atoms with Gasteiger partial charge >= 0.3 is 0 Å². The summed E-state index contributed by atoms with van der Waals surface area (Å²) in [4.78, 5) is 14.4. The lowest BCUT2D eigenvalue weighted by Gasteiger charge is -2.23. The van der Waals surface area contributed by atoms with Crippen LogP contribution in [0.3, 0.4) is 0 Å². The van der Waals surface area contributed by atoms with Crippen molar-refractivity contribution >= 4 is 17.6 Å². The van der Waals surface area contributed by atoms with Gasteiger partial charge in [-0.2, -0.15) is 0 Å². The Morgan fingerprint density at radius 3 is 2.17 bits per heavy atom. The Balaban J connectivity index is 0.000000802. The van der Waals surface area contributed by atoms with Gasteiger partial charge in [-0.1, -0.05) is 40.2 Å². The van der Waals surface area contributed by atoms with E-state index in [-0.39, 0.29) is 0 Å². The van der Waals surface area contributed by atoms with Crippen molar-refractivity contribution in [1.29, 1.82) is 0 Å². The van der Waals surface area contributed by atoms with Crippen LogP contribution in [0.5, 0.6) is 5.75 Å². The van der Waals surface area contributed by atoms with Crippen molar-refractivity contribution in [3.05, 3.63) is 75.7 Å². The molecule has 1 unspecified atom stereocenters. The van der Waals surface area contributed by atoms with Gasteiger partial charge in [0.2, 0.25) is 0 Å². The number of ether oxygens (including phenoxy) is 1. The van der Waals surface area contributed by atoms with Crippen LogP contribution < -0.4 is 21.5 Å². The lowest BCUT2D eigenvalue weighted by molar-refractivity contribution is 0.417. The highest BCUT2D eigenvalue weighted by Crippen LogP contribution is 2.43. The molecule has 5 rings (SSSR count). The fourth-order valence-corrected chi connectivity index (χ4v) is 5.36. The fraction of sp³-hybridized carbons (Fsp3) is 0.475. The quantitative estimate of drug-likeness (QED) is 0.0747. The summed E-state index contributed by atoms with van der Waals surface area (Å²) in [6.07, 6.45) is 15.4. The van der Waals surface area contributed by atoms with E-state index in [4.69, 9.17) is 20.6 Å². The number of nitrogens with two attached hydrogens (primary N) is 2. The summed E-state index contributed by atoms with van der Waals surface area (Å²) in [5.74, 6) is 1.64. The standard InChI is InChI=1S/C33H41N5O.C3H8.C2H3NO.C2H6/c1-7-28(24-13-25(17-36-26-10-11-26)32(34)30(14-24)39-6)37-18-27(23-8-9-23)29-12-19(2)22(5)33(38-29)31-20(3)15-35-16-21(31)4;1-3-2;3-1-2-4;1-2/h7,12-17,23,26-27,37H,8-11,18,34H2,1-6H3;3H2,1-2H3;4H,3H2;1-2H3/b28-7-,36-17?;;;. The number of aryl methyl sites for hydroxylation is 3. The maximum atomic E-state index is 7.39. The van der Waals surface area contributed by atoms with Crippen molar-refractivity contribution < 1.29 is 9.84 Å². The van der Waals surface area contributed by atoms with E-state index in [0.717, 1.165) is 53.0 Å². The van der Waals surface area contributed by atoms with Crippen LogP contribution in [0.15, 0.2) is 41.7 Å². The number of aliphatic hydroxyl groups is 1. The molecule has 8 nitrogen and oxygen atoms in total. The van der Waals surface area contributed by atoms with Crippen LogP contribution in [0.4, 0.5) is 5.69 Å². The van der Waals surface area contributed by atoms with Crippen molar-refractivity contribution in [2.45, 2.75) is 106 Å². The zero-order valence-corrected chi connectivity index (χ0v) is 30.9. The Bertz CT molecular complexity index is 1570. The zero-order chi connectivity index (χ0) is 35.8. The van der Waals surface area contributed by atoms with Gasteiger partial charge in [0.05, 0.1) is 24.5 Å². The van der Waals surface area contributed by atoms with E-state index in [1.165, 1.54) is 47.8 Å². The third-order valence-electron chi connectivity index (χ3n) is 8.23. The fourth-order valence-electron chi connectivity index (χ4n) is 5.36. The first-order valence-corrected chi connectivity index (χ1v) is 17.3. The van der Waals surface area contributed by atoms with Gasteiger partial charge in [-0.05, 0) is 107 Å². The largest absolute Gasteiger partial charge is 0.495 e. The van der Waals surface area contributed by atoms with Gasteiger partial charge in [-0.3, -0.25) is 15.0 Å². The number of hydrogen-bond donors (Lipinski definition) is 4. The number of aliphatic hydroxyl groups excluding tert-OH is 1. The molecular weight excluding hydrogens is 596 g/mol. The molecule has 8 heteroatoms. The minimum Gasteiger partial charge on any atom is -0.495 e. The Morgan fingerprint density at radius 1 is 1.06 bits per heavy atom. The molecule has 0 amide bonds.